The summed E-state index contributed by atoms with van der Waals surface area (Å²) in [5.74, 6) is 0.402. The largest absolute Gasteiger partial charge is 0.497 e. The molecule has 1 aliphatic rings. The number of carbonyl (C=O) groups is 1. The fraction of sp³-hybridized carbons (Fsp3) is 0.286. The SMILES string of the molecule is COc1ccc2c3c(n(Cc4ccccc4)c2c1)CCCC3C(N)=O. The maximum atomic E-state index is 12.0. The summed E-state index contributed by atoms with van der Waals surface area (Å²) in [6.45, 7) is 0.783. The van der Waals surface area contributed by atoms with Crippen molar-refractivity contribution in [3.05, 3.63) is 65.4 Å². The Bertz CT molecular complexity index is 928. The third-order valence-corrected chi connectivity index (χ3v) is 5.20. The average Bonchev–Trinajstić information content (AvgIpc) is 2.95. The maximum absolute atomic E-state index is 12.0. The molecule has 3 aromatic rings. The van der Waals surface area contributed by atoms with Gasteiger partial charge in [-0.3, -0.25) is 4.79 Å². The number of primary amides is 1. The zero-order chi connectivity index (χ0) is 17.4. The number of aromatic nitrogens is 1. The third-order valence-electron chi connectivity index (χ3n) is 5.20. The second-order valence-electron chi connectivity index (χ2n) is 6.66. The lowest BCUT2D eigenvalue weighted by atomic mass is 9.84. The highest BCUT2D eigenvalue weighted by Crippen LogP contribution is 2.40. The highest BCUT2D eigenvalue weighted by atomic mass is 16.5. The molecule has 2 aromatic carbocycles. The number of ether oxygens (including phenoxy) is 1. The fourth-order valence-electron chi connectivity index (χ4n) is 4.04. The van der Waals surface area contributed by atoms with E-state index in [9.17, 15) is 4.79 Å². The number of amides is 1. The van der Waals surface area contributed by atoms with Gasteiger partial charge in [-0.15, -0.1) is 0 Å². The van der Waals surface area contributed by atoms with Crippen LogP contribution in [0.2, 0.25) is 0 Å². The highest BCUT2D eigenvalue weighted by Gasteiger charge is 2.30. The van der Waals surface area contributed by atoms with E-state index in [1.165, 1.54) is 11.3 Å². The molecule has 1 heterocycles. The summed E-state index contributed by atoms with van der Waals surface area (Å²) in [5, 5.41) is 1.12. The van der Waals surface area contributed by atoms with Gasteiger partial charge in [0.1, 0.15) is 5.75 Å². The van der Waals surface area contributed by atoms with E-state index >= 15 is 0 Å². The van der Waals surface area contributed by atoms with Crippen molar-refractivity contribution in [3.63, 3.8) is 0 Å². The van der Waals surface area contributed by atoms with Gasteiger partial charge < -0.3 is 15.0 Å². The van der Waals surface area contributed by atoms with Crippen LogP contribution in [0.3, 0.4) is 0 Å². The zero-order valence-electron chi connectivity index (χ0n) is 14.4. The first-order chi connectivity index (χ1) is 12.2. The van der Waals surface area contributed by atoms with Crippen LogP contribution in [0.5, 0.6) is 5.75 Å². The number of rotatable bonds is 4. The topological polar surface area (TPSA) is 57.2 Å². The van der Waals surface area contributed by atoms with Crippen LogP contribution < -0.4 is 10.5 Å². The molecule has 4 nitrogen and oxygen atoms in total. The Balaban J connectivity index is 1.95. The number of benzene rings is 2. The molecule has 128 valence electrons. The van der Waals surface area contributed by atoms with Crippen molar-refractivity contribution in [2.75, 3.05) is 7.11 Å². The van der Waals surface area contributed by atoms with E-state index < -0.39 is 0 Å². The summed E-state index contributed by atoms with van der Waals surface area (Å²) in [4.78, 5) is 12.0. The van der Waals surface area contributed by atoms with Crippen LogP contribution in [0.25, 0.3) is 10.9 Å². The normalized spacial score (nSPS) is 16.6. The summed E-state index contributed by atoms with van der Waals surface area (Å²) in [5.41, 5.74) is 10.4. The molecule has 0 radical (unpaired) electrons. The van der Waals surface area contributed by atoms with Crippen LogP contribution >= 0.6 is 0 Å². The first-order valence-corrected chi connectivity index (χ1v) is 8.71. The summed E-state index contributed by atoms with van der Waals surface area (Å²) < 4.78 is 7.76. The summed E-state index contributed by atoms with van der Waals surface area (Å²) in [7, 11) is 1.68. The van der Waals surface area contributed by atoms with Crippen LogP contribution in [0, 0.1) is 0 Å². The number of nitrogens with two attached hydrogens (primary N) is 1. The van der Waals surface area contributed by atoms with Crippen molar-refractivity contribution in [2.45, 2.75) is 31.7 Å². The molecule has 1 aromatic heterocycles. The van der Waals surface area contributed by atoms with Gasteiger partial charge in [0.15, 0.2) is 0 Å². The van der Waals surface area contributed by atoms with Crippen molar-refractivity contribution < 1.29 is 9.53 Å². The first-order valence-electron chi connectivity index (χ1n) is 8.71. The zero-order valence-corrected chi connectivity index (χ0v) is 14.4. The smallest absolute Gasteiger partial charge is 0.225 e. The Labute approximate surface area is 147 Å². The van der Waals surface area contributed by atoms with Crippen LogP contribution in [0.1, 0.15) is 35.6 Å². The van der Waals surface area contributed by atoms with Crippen LogP contribution in [-0.4, -0.2) is 17.6 Å². The minimum Gasteiger partial charge on any atom is -0.497 e. The Morgan fingerprint density at radius 3 is 2.76 bits per heavy atom. The van der Waals surface area contributed by atoms with Crippen molar-refractivity contribution in [2.24, 2.45) is 5.73 Å². The van der Waals surface area contributed by atoms with Crippen molar-refractivity contribution in [3.8, 4) is 5.75 Å². The van der Waals surface area contributed by atoms with Gasteiger partial charge in [0.25, 0.3) is 0 Å². The Morgan fingerprint density at radius 2 is 2.04 bits per heavy atom. The van der Waals surface area contributed by atoms with Crippen LogP contribution in [-0.2, 0) is 17.8 Å². The Morgan fingerprint density at radius 1 is 1.24 bits per heavy atom. The number of carbonyl (C=O) groups excluding carboxylic acids is 1. The average molecular weight is 334 g/mol. The Kier molecular flexibility index (Phi) is 3.96. The number of fused-ring (bicyclic) bond motifs is 3. The predicted octanol–water partition coefficient (Wildman–Crippen LogP) is 3.60. The molecule has 2 N–H and O–H groups in total. The van der Waals surface area contributed by atoms with Gasteiger partial charge in [0, 0.05) is 23.7 Å². The fourth-order valence-corrected chi connectivity index (χ4v) is 4.04. The number of hydrogen-bond acceptors (Lipinski definition) is 2. The first kappa shape index (κ1) is 15.8. The molecule has 4 rings (SSSR count). The maximum Gasteiger partial charge on any atom is 0.225 e. The van der Waals surface area contributed by atoms with Gasteiger partial charge in [0.05, 0.1) is 18.5 Å². The van der Waals surface area contributed by atoms with Gasteiger partial charge in [-0.05, 0) is 42.5 Å². The van der Waals surface area contributed by atoms with E-state index in [0.717, 1.165) is 48.0 Å². The molecule has 0 spiro atoms. The standard InChI is InChI=1S/C21H22N2O2/c1-25-15-10-11-16-19(12-15)23(13-14-6-3-2-4-7-14)18-9-5-8-17(20(16)18)21(22)24/h2-4,6-7,10-12,17H,5,8-9,13H2,1H3,(H2,22,24). The van der Waals surface area contributed by atoms with E-state index in [1.807, 2.05) is 12.1 Å². The number of hydrogen-bond donors (Lipinski definition) is 1. The van der Waals surface area contributed by atoms with E-state index in [0.29, 0.717) is 0 Å². The van der Waals surface area contributed by atoms with Crippen LogP contribution in [0.4, 0.5) is 0 Å². The summed E-state index contributed by atoms with van der Waals surface area (Å²) in [6, 6.07) is 16.5. The molecule has 0 saturated heterocycles. The molecule has 0 saturated carbocycles. The van der Waals surface area contributed by atoms with Gasteiger partial charge >= 0.3 is 0 Å². The van der Waals surface area contributed by atoms with Gasteiger partial charge in [-0.25, -0.2) is 0 Å². The van der Waals surface area contributed by atoms with E-state index in [4.69, 9.17) is 10.5 Å². The molecule has 1 atom stereocenters. The molecule has 0 aliphatic heterocycles. The monoisotopic (exact) mass is 334 g/mol. The lowest BCUT2D eigenvalue weighted by Gasteiger charge is -2.22. The van der Waals surface area contributed by atoms with E-state index in [-0.39, 0.29) is 11.8 Å². The molecule has 0 bridgehead atoms. The lowest BCUT2D eigenvalue weighted by Crippen LogP contribution is -2.25. The molecule has 25 heavy (non-hydrogen) atoms. The molecular formula is C21H22N2O2. The van der Waals surface area contributed by atoms with Gasteiger partial charge in [-0.1, -0.05) is 30.3 Å². The molecule has 0 fully saturated rings. The quantitative estimate of drug-likeness (QED) is 0.792. The number of methoxy groups -OCH3 is 1. The third kappa shape index (κ3) is 2.68. The lowest BCUT2D eigenvalue weighted by molar-refractivity contribution is -0.119. The molecular weight excluding hydrogens is 312 g/mol. The molecule has 1 aliphatic carbocycles. The highest BCUT2D eigenvalue weighted by molar-refractivity contribution is 5.94. The summed E-state index contributed by atoms with van der Waals surface area (Å²) >= 11 is 0. The molecule has 1 amide bonds. The minimum atomic E-state index is -0.226. The second kappa shape index (κ2) is 6.28. The van der Waals surface area contributed by atoms with Gasteiger partial charge in [-0.2, -0.15) is 0 Å². The van der Waals surface area contributed by atoms with Crippen LogP contribution in [0.15, 0.2) is 48.5 Å². The minimum absolute atomic E-state index is 0.198. The summed E-state index contributed by atoms with van der Waals surface area (Å²) in [6.07, 6.45) is 2.80. The molecule has 4 heteroatoms. The number of nitrogens with zero attached hydrogens (tertiary/aromatic N) is 1. The van der Waals surface area contributed by atoms with E-state index in [2.05, 4.69) is 41.0 Å². The van der Waals surface area contributed by atoms with Crippen molar-refractivity contribution >= 4 is 16.8 Å². The Hall–Kier alpha value is -2.75. The predicted molar refractivity (Wildman–Crippen MR) is 98.9 cm³/mol. The van der Waals surface area contributed by atoms with Crippen molar-refractivity contribution in [1.29, 1.82) is 0 Å². The second-order valence-corrected chi connectivity index (χ2v) is 6.66. The van der Waals surface area contributed by atoms with E-state index in [1.54, 1.807) is 7.11 Å². The van der Waals surface area contributed by atoms with Gasteiger partial charge in [0.2, 0.25) is 5.91 Å². The molecule has 1 unspecified atom stereocenters. The van der Waals surface area contributed by atoms with Crippen molar-refractivity contribution in [1.82, 2.24) is 4.57 Å².